The summed E-state index contributed by atoms with van der Waals surface area (Å²) in [5, 5.41) is 0. The van der Waals surface area contributed by atoms with Crippen molar-refractivity contribution in [3.8, 4) is 17.0 Å². The molecular formula is C21H19NO4S. The Labute approximate surface area is 158 Å². The average molecular weight is 381 g/mol. The molecule has 4 rings (SSSR count). The molecule has 1 heterocycles. The highest BCUT2D eigenvalue weighted by molar-refractivity contribution is 7.90. The van der Waals surface area contributed by atoms with Gasteiger partial charge in [-0.2, -0.15) is 0 Å². The van der Waals surface area contributed by atoms with Crippen LogP contribution in [-0.2, 0) is 22.9 Å². The van der Waals surface area contributed by atoms with E-state index in [1.54, 1.807) is 12.1 Å². The van der Waals surface area contributed by atoms with Gasteiger partial charge in [-0.3, -0.25) is 4.79 Å². The van der Waals surface area contributed by atoms with Crippen LogP contribution in [-0.4, -0.2) is 25.8 Å². The molecule has 6 heteroatoms. The van der Waals surface area contributed by atoms with Gasteiger partial charge in [0.1, 0.15) is 5.75 Å². The molecule has 0 fully saturated rings. The topological polar surface area (TPSA) is 65.4 Å². The maximum atomic E-state index is 13.4. The summed E-state index contributed by atoms with van der Waals surface area (Å²) < 4.78 is 33.1. The third kappa shape index (κ3) is 2.86. The molecule has 0 saturated carbocycles. The van der Waals surface area contributed by atoms with E-state index in [9.17, 15) is 13.2 Å². The number of aldehydes is 1. The van der Waals surface area contributed by atoms with E-state index in [0.717, 1.165) is 35.8 Å². The molecule has 0 atom stereocenters. The molecule has 0 bridgehead atoms. The summed E-state index contributed by atoms with van der Waals surface area (Å²) in [6.45, 7) is 0. The first kappa shape index (κ1) is 17.5. The van der Waals surface area contributed by atoms with Crippen molar-refractivity contribution in [3.05, 3.63) is 71.4 Å². The molecule has 0 aliphatic heterocycles. The standard InChI is InChI=1S/C21H19NO4S/c1-26-17-9-11-18(12-10-17)27(24,25)22-13-16(14-23)20-8-4-6-15-5-2-3-7-19(15)21(20)22/h2-3,5,7,9-14H,4,6,8H2,1H3. The van der Waals surface area contributed by atoms with E-state index in [-0.39, 0.29) is 4.90 Å². The Bertz CT molecular complexity index is 1110. The first-order chi connectivity index (χ1) is 13.1. The van der Waals surface area contributed by atoms with Crippen molar-refractivity contribution in [1.29, 1.82) is 0 Å². The van der Waals surface area contributed by atoms with Crippen LogP contribution < -0.4 is 4.74 Å². The molecule has 0 N–H and O–H groups in total. The molecule has 0 radical (unpaired) electrons. The van der Waals surface area contributed by atoms with E-state index in [1.165, 1.54) is 29.4 Å². The monoisotopic (exact) mass is 381 g/mol. The molecule has 138 valence electrons. The molecule has 0 spiro atoms. The summed E-state index contributed by atoms with van der Waals surface area (Å²) in [5.41, 5.74) is 3.79. The fourth-order valence-corrected chi connectivity index (χ4v) is 5.07. The van der Waals surface area contributed by atoms with Gasteiger partial charge in [0.2, 0.25) is 0 Å². The minimum atomic E-state index is -3.85. The number of ether oxygens (including phenoxy) is 1. The molecular weight excluding hydrogens is 362 g/mol. The Hall–Kier alpha value is -2.86. The number of fused-ring (bicyclic) bond motifs is 3. The van der Waals surface area contributed by atoms with Gasteiger partial charge >= 0.3 is 0 Å². The zero-order chi connectivity index (χ0) is 19.0. The summed E-state index contributed by atoms with van der Waals surface area (Å²) in [4.78, 5) is 11.8. The minimum Gasteiger partial charge on any atom is -0.497 e. The smallest absolute Gasteiger partial charge is 0.268 e. The fourth-order valence-electron chi connectivity index (χ4n) is 3.66. The third-order valence-electron chi connectivity index (χ3n) is 5.00. The summed E-state index contributed by atoms with van der Waals surface area (Å²) in [7, 11) is -2.32. The average Bonchev–Trinajstić information content (AvgIpc) is 2.97. The molecule has 1 aliphatic carbocycles. The lowest BCUT2D eigenvalue weighted by atomic mass is 10.0. The molecule has 0 saturated heterocycles. The lowest BCUT2D eigenvalue weighted by Gasteiger charge is -2.13. The Morgan fingerprint density at radius 2 is 1.78 bits per heavy atom. The Kier molecular flexibility index (Phi) is 4.36. The number of hydrogen-bond donors (Lipinski definition) is 0. The molecule has 3 aromatic rings. The molecule has 0 amide bonds. The second-order valence-corrected chi connectivity index (χ2v) is 8.33. The van der Waals surface area contributed by atoms with Gasteiger partial charge in [0.25, 0.3) is 10.0 Å². The van der Waals surface area contributed by atoms with Crippen LogP contribution in [0.1, 0.15) is 27.9 Å². The van der Waals surface area contributed by atoms with Gasteiger partial charge in [-0.1, -0.05) is 24.3 Å². The first-order valence-corrected chi connectivity index (χ1v) is 10.2. The van der Waals surface area contributed by atoms with Gasteiger partial charge in [0, 0.05) is 17.3 Å². The van der Waals surface area contributed by atoms with Crippen molar-refractivity contribution in [2.45, 2.75) is 24.2 Å². The van der Waals surface area contributed by atoms with E-state index in [0.29, 0.717) is 23.4 Å². The predicted octanol–water partition coefficient (Wildman–Crippen LogP) is 3.70. The van der Waals surface area contributed by atoms with Crippen LogP contribution in [0.5, 0.6) is 5.75 Å². The molecule has 1 aliphatic rings. The van der Waals surface area contributed by atoms with Gasteiger partial charge in [0.15, 0.2) is 6.29 Å². The van der Waals surface area contributed by atoms with Crippen molar-refractivity contribution in [3.63, 3.8) is 0 Å². The van der Waals surface area contributed by atoms with Crippen LogP contribution in [0.2, 0.25) is 0 Å². The Balaban J connectivity index is 1.97. The van der Waals surface area contributed by atoms with Crippen molar-refractivity contribution in [2.24, 2.45) is 0 Å². The summed E-state index contributed by atoms with van der Waals surface area (Å²) in [6, 6.07) is 14.1. The van der Waals surface area contributed by atoms with Crippen molar-refractivity contribution in [2.75, 3.05) is 7.11 Å². The van der Waals surface area contributed by atoms with Gasteiger partial charge in [-0.05, 0) is 54.7 Å². The predicted molar refractivity (Wildman–Crippen MR) is 103 cm³/mol. The van der Waals surface area contributed by atoms with Crippen molar-refractivity contribution < 1.29 is 17.9 Å². The van der Waals surface area contributed by atoms with Crippen LogP contribution in [0, 0.1) is 0 Å². The highest BCUT2D eigenvalue weighted by Crippen LogP contribution is 2.37. The second kappa shape index (κ2) is 6.70. The Morgan fingerprint density at radius 1 is 1.04 bits per heavy atom. The quantitative estimate of drug-likeness (QED) is 0.647. The number of carbonyl (C=O) groups excluding carboxylic acids is 1. The van der Waals surface area contributed by atoms with E-state index >= 15 is 0 Å². The largest absolute Gasteiger partial charge is 0.497 e. The lowest BCUT2D eigenvalue weighted by Crippen LogP contribution is -2.14. The van der Waals surface area contributed by atoms with Crippen LogP contribution in [0.25, 0.3) is 11.3 Å². The Morgan fingerprint density at radius 3 is 2.48 bits per heavy atom. The summed E-state index contributed by atoms with van der Waals surface area (Å²) in [6.07, 6.45) is 4.58. The second-order valence-electron chi connectivity index (χ2n) is 6.52. The van der Waals surface area contributed by atoms with Crippen LogP contribution in [0.4, 0.5) is 0 Å². The number of aryl methyl sites for hydroxylation is 1. The SMILES string of the molecule is COc1ccc(S(=O)(=O)n2cc(C=O)c3c2-c2ccccc2CCC3)cc1. The van der Waals surface area contributed by atoms with Gasteiger partial charge in [0.05, 0.1) is 17.7 Å². The van der Waals surface area contributed by atoms with Crippen molar-refractivity contribution >= 4 is 16.3 Å². The lowest BCUT2D eigenvalue weighted by molar-refractivity contribution is 0.112. The number of hydrogen-bond acceptors (Lipinski definition) is 4. The van der Waals surface area contributed by atoms with E-state index < -0.39 is 10.0 Å². The number of aromatic nitrogens is 1. The summed E-state index contributed by atoms with van der Waals surface area (Å²) in [5.74, 6) is 0.583. The highest BCUT2D eigenvalue weighted by atomic mass is 32.2. The fraction of sp³-hybridized carbons (Fsp3) is 0.190. The van der Waals surface area contributed by atoms with Crippen LogP contribution in [0.15, 0.2) is 59.6 Å². The minimum absolute atomic E-state index is 0.153. The first-order valence-electron chi connectivity index (χ1n) is 8.73. The summed E-state index contributed by atoms with van der Waals surface area (Å²) >= 11 is 0. The maximum Gasteiger partial charge on any atom is 0.268 e. The zero-order valence-corrected chi connectivity index (χ0v) is 15.7. The number of methoxy groups -OCH3 is 1. The molecule has 1 aromatic heterocycles. The third-order valence-corrected chi connectivity index (χ3v) is 6.67. The number of rotatable bonds is 4. The van der Waals surface area contributed by atoms with Gasteiger partial charge in [-0.25, -0.2) is 12.4 Å². The van der Waals surface area contributed by atoms with Crippen LogP contribution >= 0.6 is 0 Å². The van der Waals surface area contributed by atoms with Crippen molar-refractivity contribution in [1.82, 2.24) is 3.97 Å². The number of benzene rings is 2. The highest BCUT2D eigenvalue weighted by Gasteiger charge is 2.28. The van der Waals surface area contributed by atoms with Gasteiger partial charge < -0.3 is 4.74 Å². The molecule has 5 nitrogen and oxygen atoms in total. The van der Waals surface area contributed by atoms with E-state index in [4.69, 9.17) is 4.74 Å². The van der Waals surface area contributed by atoms with Crippen LogP contribution in [0.3, 0.4) is 0 Å². The number of nitrogens with zero attached hydrogens (tertiary/aromatic N) is 1. The molecule has 2 aromatic carbocycles. The van der Waals surface area contributed by atoms with E-state index in [2.05, 4.69) is 0 Å². The normalized spacial score (nSPS) is 13.4. The molecule has 0 unspecified atom stereocenters. The molecule has 27 heavy (non-hydrogen) atoms. The van der Waals surface area contributed by atoms with Gasteiger partial charge in [-0.15, -0.1) is 0 Å². The maximum absolute atomic E-state index is 13.4. The number of carbonyl (C=O) groups is 1. The van der Waals surface area contributed by atoms with E-state index in [1.807, 2.05) is 24.3 Å². The zero-order valence-electron chi connectivity index (χ0n) is 14.9.